The standard InChI is InChI=1S/C15H21N5O2/c1-10-7-14(19-22-10)18-15(21)11(2)20-5-3-12(4-6-20)13-8-16-17-9-13/h7-9,11-12H,3-6H2,1-2H3,(H,16,17)(H,18,19,21)/t11-/m1/s1. The number of aromatic amines is 1. The second kappa shape index (κ2) is 6.31. The summed E-state index contributed by atoms with van der Waals surface area (Å²) in [5.74, 6) is 1.64. The molecule has 0 aromatic carbocycles. The Labute approximate surface area is 129 Å². The molecule has 7 heteroatoms. The number of rotatable bonds is 4. The fourth-order valence-corrected chi connectivity index (χ4v) is 2.93. The Bertz CT molecular complexity index is 614. The number of anilines is 1. The SMILES string of the molecule is Cc1cc(NC(=O)[C@@H](C)N2CCC(c3cn[nH]c3)CC2)no1. The zero-order chi connectivity index (χ0) is 15.5. The van der Waals surface area contributed by atoms with E-state index in [-0.39, 0.29) is 11.9 Å². The zero-order valence-corrected chi connectivity index (χ0v) is 12.9. The van der Waals surface area contributed by atoms with E-state index in [2.05, 4.69) is 25.6 Å². The zero-order valence-electron chi connectivity index (χ0n) is 12.9. The van der Waals surface area contributed by atoms with Crippen molar-refractivity contribution in [2.24, 2.45) is 0 Å². The molecule has 22 heavy (non-hydrogen) atoms. The van der Waals surface area contributed by atoms with E-state index in [1.807, 2.05) is 19.3 Å². The molecule has 0 bridgehead atoms. The average Bonchev–Trinajstić information content (AvgIpc) is 3.18. The van der Waals surface area contributed by atoms with E-state index in [9.17, 15) is 4.79 Å². The molecule has 1 aliphatic heterocycles. The third kappa shape index (κ3) is 3.19. The number of carbonyl (C=O) groups excluding carboxylic acids is 1. The number of aryl methyl sites for hydroxylation is 1. The first-order valence-corrected chi connectivity index (χ1v) is 7.60. The van der Waals surface area contributed by atoms with E-state index in [1.54, 1.807) is 13.0 Å². The van der Waals surface area contributed by atoms with Gasteiger partial charge in [0.2, 0.25) is 5.91 Å². The molecule has 0 saturated carbocycles. The summed E-state index contributed by atoms with van der Waals surface area (Å²) in [4.78, 5) is 14.5. The van der Waals surface area contributed by atoms with Crippen LogP contribution >= 0.6 is 0 Å². The second-order valence-corrected chi connectivity index (χ2v) is 5.83. The van der Waals surface area contributed by atoms with Crippen LogP contribution in [0.5, 0.6) is 0 Å². The largest absolute Gasteiger partial charge is 0.360 e. The molecule has 2 N–H and O–H groups in total. The van der Waals surface area contributed by atoms with Gasteiger partial charge in [-0.2, -0.15) is 5.10 Å². The first kappa shape index (κ1) is 14.8. The van der Waals surface area contributed by atoms with Gasteiger partial charge in [0.15, 0.2) is 5.82 Å². The summed E-state index contributed by atoms with van der Waals surface area (Å²) in [7, 11) is 0. The van der Waals surface area contributed by atoms with Gasteiger partial charge in [-0.1, -0.05) is 5.16 Å². The van der Waals surface area contributed by atoms with Crippen molar-refractivity contribution < 1.29 is 9.32 Å². The van der Waals surface area contributed by atoms with Gasteiger partial charge in [-0.05, 0) is 51.3 Å². The van der Waals surface area contributed by atoms with Crippen molar-refractivity contribution in [3.8, 4) is 0 Å². The summed E-state index contributed by atoms with van der Waals surface area (Å²) in [5.41, 5.74) is 1.26. The van der Waals surface area contributed by atoms with Crippen molar-refractivity contribution in [2.45, 2.75) is 38.6 Å². The van der Waals surface area contributed by atoms with E-state index < -0.39 is 0 Å². The Kier molecular flexibility index (Phi) is 4.24. The Morgan fingerprint density at radius 1 is 1.50 bits per heavy atom. The molecule has 1 aliphatic rings. The average molecular weight is 303 g/mol. The van der Waals surface area contributed by atoms with Gasteiger partial charge in [-0.25, -0.2) is 0 Å². The van der Waals surface area contributed by atoms with E-state index >= 15 is 0 Å². The lowest BCUT2D eigenvalue weighted by Gasteiger charge is -2.34. The predicted molar refractivity (Wildman–Crippen MR) is 81.5 cm³/mol. The minimum atomic E-state index is -0.178. The Balaban J connectivity index is 1.53. The molecule has 0 radical (unpaired) electrons. The maximum absolute atomic E-state index is 12.3. The lowest BCUT2D eigenvalue weighted by atomic mass is 9.91. The van der Waals surface area contributed by atoms with Crippen LogP contribution in [0.1, 0.15) is 37.0 Å². The normalized spacial score (nSPS) is 18.3. The molecule has 0 spiro atoms. The maximum atomic E-state index is 12.3. The van der Waals surface area contributed by atoms with Gasteiger partial charge in [-0.15, -0.1) is 0 Å². The number of H-pyrrole nitrogens is 1. The van der Waals surface area contributed by atoms with Crippen LogP contribution in [-0.2, 0) is 4.79 Å². The van der Waals surface area contributed by atoms with Crippen LogP contribution in [0.4, 0.5) is 5.82 Å². The quantitative estimate of drug-likeness (QED) is 0.901. The summed E-state index contributed by atoms with van der Waals surface area (Å²) in [5, 5.41) is 13.5. The fraction of sp³-hybridized carbons (Fsp3) is 0.533. The Morgan fingerprint density at radius 3 is 2.86 bits per heavy atom. The van der Waals surface area contributed by atoms with Crippen molar-refractivity contribution in [3.63, 3.8) is 0 Å². The van der Waals surface area contributed by atoms with Gasteiger partial charge >= 0.3 is 0 Å². The number of hydrogen-bond donors (Lipinski definition) is 2. The molecule has 118 valence electrons. The first-order chi connectivity index (χ1) is 10.6. The Hall–Kier alpha value is -2.15. The highest BCUT2D eigenvalue weighted by atomic mass is 16.5. The molecule has 3 heterocycles. The number of aromatic nitrogens is 3. The molecule has 1 fully saturated rings. The third-order valence-corrected chi connectivity index (χ3v) is 4.33. The monoisotopic (exact) mass is 303 g/mol. The smallest absolute Gasteiger partial charge is 0.242 e. The topological polar surface area (TPSA) is 87.0 Å². The van der Waals surface area contributed by atoms with E-state index in [4.69, 9.17) is 4.52 Å². The summed E-state index contributed by atoms with van der Waals surface area (Å²) in [6.45, 7) is 5.54. The van der Waals surface area contributed by atoms with Crippen molar-refractivity contribution in [3.05, 3.63) is 29.8 Å². The lowest BCUT2D eigenvalue weighted by molar-refractivity contribution is -0.121. The van der Waals surface area contributed by atoms with Crippen molar-refractivity contribution >= 4 is 11.7 Å². The van der Waals surface area contributed by atoms with Crippen molar-refractivity contribution in [2.75, 3.05) is 18.4 Å². The van der Waals surface area contributed by atoms with E-state index in [1.165, 1.54) is 5.56 Å². The van der Waals surface area contributed by atoms with E-state index in [0.717, 1.165) is 25.9 Å². The summed E-state index contributed by atoms with van der Waals surface area (Å²) < 4.78 is 4.96. The van der Waals surface area contributed by atoms with Crippen LogP contribution in [0, 0.1) is 6.92 Å². The minimum Gasteiger partial charge on any atom is -0.360 e. The first-order valence-electron chi connectivity index (χ1n) is 7.60. The summed E-state index contributed by atoms with van der Waals surface area (Å²) in [6.07, 6.45) is 5.94. The van der Waals surface area contributed by atoms with Gasteiger partial charge in [0.1, 0.15) is 5.76 Å². The molecule has 1 amide bonds. The minimum absolute atomic E-state index is 0.0462. The number of nitrogens with one attached hydrogen (secondary N) is 2. The number of nitrogens with zero attached hydrogens (tertiary/aromatic N) is 3. The highest BCUT2D eigenvalue weighted by molar-refractivity contribution is 5.93. The van der Waals surface area contributed by atoms with Crippen LogP contribution in [0.15, 0.2) is 23.0 Å². The lowest BCUT2D eigenvalue weighted by Crippen LogP contribution is -2.45. The number of carbonyl (C=O) groups is 1. The molecular formula is C15H21N5O2. The summed E-state index contributed by atoms with van der Waals surface area (Å²) >= 11 is 0. The van der Waals surface area contributed by atoms with Crippen LogP contribution in [0.3, 0.4) is 0 Å². The molecule has 0 unspecified atom stereocenters. The molecular weight excluding hydrogens is 282 g/mol. The molecule has 1 atom stereocenters. The van der Waals surface area contributed by atoms with Gasteiger partial charge in [-0.3, -0.25) is 14.8 Å². The third-order valence-electron chi connectivity index (χ3n) is 4.33. The van der Waals surface area contributed by atoms with Crippen molar-refractivity contribution in [1.82, 2.24) is 20.3 Å². The second-order valence-electron chi connectivity index (χ2n) is 5.83. The van der Waals surface area contributed by atoms with Gasteiger partial charge in [0.25, 0.3) is 0 Å². The molecule has 1 saturated heterocycles. The molecule has 3 rings (SSSR count). The molecule has 7 nitrogen and oxygen atoms in total. The van der Waals surface area contributed by atoms with Gasteiger partial charge < -0.3 is 9.84 Å². The van der Waals surface area contributed by atoms with Crippen LogP contribution < -0.4 is 5.32 Å². The number of likely N-dealkylation sites (tertiary alicyclic amines) is 1. The highest BCUT2D eigenvalue weighted by Gasteiger charge is 2.27. The Morgan fingerprint density at radius 2 is 2.27 bits per heavy atom. The highest BCUT2D eigenvalue weighted by Crippen LogP contribution is 2.28. The maximum Gasteiger partial charge on any atom is 0.242 e. The molecule has 2 aromatic rings. The van der Waals surface area contributed by atoms with Crippen molar-refractivity contribution in [1.29, 1.82) is 0 Å². The number of hydrogen-bond acceptors (Lipinski definition) is 5. The van der Waals surface area contributed by atoms with Crippen LogP contribution in [-0.4, -0.2) is 45.3 Å². The number of amides is 1. The van der Waals surface area contributed by atoms with Gasteiger partial charge in [0, 0.05) is 12.3 Å². The fourth-order valence-electron chi connectivity index (χ4n) is 2.93. The van der Waals surface area contributed by atoms with Gasteiger partial charge in [0.05, 0.1) is 12.2 Å². The molecule has 2 aromatic heterocycles. The summed E-state index contributed by atoms with van der Waals surface area (Å²) in [6, 6.07) is 1.54. The van der Waals surface area contributed by atoms with E-state index in [0.29, 0.717) is 17.5 Å². The number of piperidine rings is 1. The predicted octanol–water partition coefficient (Wildman–Crippen LogP) is 1.91. The molecule has 0 aliphatic carbocycles. The van der Waals surface area contributed by atoms with Crippen LogP contribution in [0.25, 0.3) is 0 Å². The van der Waals surface area contributed by atoms with Crippen LogP contribution in [0.2, 0.25) is 0 Å².